The van der Waals surface area contributed by atoms with Crippen LogP contribution < -0.4 is 9.47 Å². The van der Waals surface area contributed by atoms with Gasteiger partial charge in [-0.05, 0) is 32.0 Å². The lowest BCUT2D eigenvalue weighted by molar-refractivity contribution is 0.0697. The van der Waals surface area contributed by atoms with E-state index in [1.54, 1.807) is 36.9 Å². The summed E-state index contributed by atoms with van der Waals surface area (Å²) in [5.41, 5.74) is 1.47. The van der Waals surface area contributed by atoms with Gasteiger partial charge in [-0.2, -0.15) is 9.40 Å². The van der Waals surface area contributed by atoms with E-state index in [-0.39, 0.29) is 30.7 Å². The summed E-state index contributed by atoms with van der Waals surface area (Å²) in [6.45, 7) is 4.62. The Hall–Kier alpha value is -2.59. The number of nitrogens with one attached hydrogen (secondary N) is 1. The molecule has 1 aromatic carbocycles. The van der Waals surface area contributed by atoms with Gasteiger partial charge in [-0.25, -0.2) is 8.42 Å². The van der Waals surface area contributed by atoms with E-state index < -0.39 is 10.0 Å². The highest BCUT2D eigenvalue weighted by molar-refractivity contribution is 7.89. The topological polar surface area (TPSA) is 105 Å². The van der Waals surface area contributed by atoms with Gasteiger partial charge in [-0.3, -0.25) is 9.89 Å². The summed E-state index contributed by atoms with van der Waals surface area (Å²) in [5.74, 6) is 1.02. The van der Waals surface area contributed by atoms with Crippen LogP contribution in [0.2, 0.25) is 0 Å². The minimum Gasteiger partial charge on any atom is -0.454 e. The minimum absolute atomic E-state index is 0.149. The summed E-state index contributed by atoms with van der Waals surface area (Å²) in [5, 5.41) is 6.68. The van der Waals surface area contributed by atoms with E-state index in [4.69, 9.17) is 9.47 Å². The SMILES string of the molecule is Cc1n[nH]c(C)c1S(=O)(=O)N1CCN(C(=O)c2ccc3c(c2)OCO3)CC1. The van der Waals surface area contributed by atoms with Crippen LogP contribution in [0.15, 0.2) is 23.1 Å². The molecule has 2 aromatic rings. The lowest BCUT2D eigenvalue weighted by Crippen LogP contribution is -2.50. The van der Waals surface area contributed by atoms with E-state index in [1.807, 2.05) is 0 Å². The van der Waals surface area contributed by atoms with Gasteiger partial charge < -0.3 is 14.4 Å². The van der Waals surface area contributed by atoms with Crippen molar-refractivity contribution in [3.63, 3.8) is 0 Å². The van der Waals surface area contributed by atoms with E-state index in [9.17, 15) is 13.2 Å². The van der Waals surface area contributed by atoms with Gasteiger partial charge in [-0.1, -0.05) is 0 Å². The third kappa shape index (κ3) is 3.04. The number of aromatic nitrogens is 2. The molecule has 1 aromatic heterocycles. The van der Waals surface area contributed by atoms with Gasteiger partial charge in [-0.15, -0.1) is 0 Å². The van der Waals surface area contributed by atoms with Crippen molar-refractivity contribution < 1.29 is 22.7 Å². The number of hydrogen-bond donors (Lipinski definition) is 1. The van der Waals surface area contributed by atoms with E-state index in [1.165, 1.54) is 4.31 Å². The van der Waals surface area contributed by atoms with Crippen LogP contribution in [0.25, 0.3) is 0 Å². The maximum absolute atomic E-state index is 12.9. The quantitative estimate of drug-likeness (QED) is 0.832. The monoisotopic (exact) mass is 392 g/mol. The Balaban J connectivity index is 1.47. The number of hydrogen-bond acceptors (Lipinski definition) is 6. The van der Waals surface area contributed by atoms with Crippen molar-refractivity contribution in [1.82, 2.24) is 19.4 Å². The molecule has 1 saturated heterocycles. The first kappa shape index (κ1) is 17.8. The fourth-order valence-corrected chi connectivity index (χ4v) is 5.15. The van der Waals surface area contributed by atoms with Crippen LogP contribution in [0.5, 0.6) is 11.5 Å². The number of H-pyrrole nitrogens is 1. The van der Waals surface area contributed by atoms with Crippen molar-refractivity contribution in [2.24, 2.45) is 0 Å². The predicted octanol–water partition coefficient (Wildman–Crippen LogP) is 0.902. The predicted molar refractivity (Wildman–Crippen MR) is 95.3 cm³/mol. The van der Waals surface area contributed by atoms with Gasteiger partial charge >= 0.3 is 0 Å². The zero-order valence-electron chi connectivity index (χ0n) is 15.1. The van der Waals surface area contributed by atoms with Crippen molar-refractivity contribution in [3.05, 3.63) is 35.2 Å². The van der Waals surface area contributed by atoms with E-state index in [0.29, 0.717) is 41.5 Å². The molecular formula is C17H20N4O5S. The molecule has 0 radical (unpaired) electrons. The van der Waals surface area contributed by atoms with Gasteiger partial charge in [0.15, 0.2) is 11.5 Å². The first-order chi connectivity index (χ1) is 12.9. The number of rotatable bonds is 3. The molecule has 27 heavy (non-hydrogen) atoms. The van der Waals surface area contributed by atoms with Gasteiger partial charge in [0, 0.05) is 31.7 Å². The van der Waals surface area contributed by atoms with E-state index in [2.05, 4.69) is 10.2 Å². The lowest BCUT2D eigenvalue weighted by Gasteiger charge is -2.34. The first-order valence-electron chi connectivity index (χ1n) is 8.58. The molecule has 1 amide bonds. The Morgan fingerprint density at radius 3 is 2.48 bits per heavy atom. The molecule has 0 atom stereocenters. The normalized spacial score (nSPS) is 17.3. The molecule has 10 heteroatoms. The molecule has 0 saturated carbocycles. The Bertz CT molecular complexity index is 973. The molecule has 0 unspecified atom stereocenters. The molecular weight excluding hydrogens is 372 g/mol. The molecule has 1 N–H and O–H groups in total. The van der Waals surface area contributed by atoms with Crippen molar-refractivity contribution in [1.29, 1.82) is 0 Å². The van der Waals surface area contributed by atoms with Gasteiger partial charge in [0.05, 0.1) is 11.4 Å². The van der Waals surface area contributed by atoms with Crippen LogP contribution in [0.4, 0.5) is 0 Å². The summed E-state index contributed by atoms with van der Waals surface area (Å²) in [4.78, 5) is 14.6. The Morgan fingerprint density at radius 2 is 1.81 bits per heavy atom. The Morgan fingerprint density at radius 1 is 1.11 bits per heavy atom. The van der Waals surface area contributed by atoms with Crippen LogP contribution in [0, 0.1) is 13.8 Å². The number of aryl methyl sites for hydroxylation is 2. The highest BCUT2D eigenvalue weighted by atomic mass is 32.2. The van der Waals surface area contributed by atoms with Gasteiger partial charge in [0.2, 0.25) is 16.8 Å². The summed E-state index contributed by atoms with van der Waals surface area (Å²) in [7, 11) is -3.64. The van der Waals surface area contributed by atoms with Gasteiger partial charge in [0.1, 0.15) is 4.90 Å². The third-order valence-corrected chi connectivity index (χ3v) is 6.97. The molecule has 4 rings (SSSR count). The van der Waals surface area contributed by atoms with Crippen molar-refractivity contribution in [2.75, 3.05) is 33.0 Å². The maximum atomic E-state index is 12.9. The fourth-order valence-electron chi connectivity index (χ4n) is 3.39. The van der Waals surface area contributed by atoms with Crippen molar-refractivity contribution in [2.45, 2.75) is 18.7 Å². The molecule has 2 aliphatic rings. The summed E-state index contributed by atoms with van der Waals surface area (Å²) >= 11 is 0. The summed E-state index contributed by atoms with van der Waals surface area (Å²) in [6, 6.07) is 5.06. The van der Waals surface area contributed by atoms with Crippen LogP contribution in [-0.2, 0) is 10.0 Å². The molecule has 3 heterocycles. The molecule has 1 fully saturated rings. The number of aromatic amines is 1. The number of amides is 1. The highest BCUT2D eigenvalue weighted by Crippen LogP contribution is 2.33. The van der Waals surface area contributed by atoms with Crippen LogP contribution in [-0.4, -0.2) is 66.7 Å². The Kier molecular flexibility index (Phi) is 4.31. The second-order valence-corrected chi connectivity index (χ2v) is 8.40. The fraction of sp³-hybridized carbons (Fsp3) is 0.412. The number of benzene rings is 1. The number of fused-ring (bicyclic) bond motifs is 1. The number of piperazine rings is 1. The van der Waals surface area contributed by atoms with Crippen molar-refractivity contribution in [3.8, 4) is 11.5 Å². The third-order valence-electron chi connectivity index (χ3n) is 4.80. The average molecular weight is 392 g/mol. The molecule has 9 nitrogen and oxygen atoms in total. The van der Waals surface area contributed by atoms with Crippen LogP contribution in [0.3, 0.4) is 0 Å². The number of carbonyl (C=O) groups is 1. The molecule has 2 aliphatic heterocycles. The minimum atomic E-state index is -3.64. The zero-order chi connectivity index (χ0) is 19.2. The van der Waals surface area contributed by atoms with Gasteiger partial charge in [0.25, 0.3) is 5.91 Å². The standard InChI is InChI=1S/C17H20N4O5S/c1-11-16(12(2)19-18-11)27(23,24)21-7-5-20(6-8-21)17(22)13-3-4-14-15(9-13)26-10-25-14/h3-4,9H,5-8,10H2,1-2H3,(H,18,19). The maximum Gasteiger partial charge on any atom is 0.254 e. The second kappa shape index (κ2) is 6.54. The summed E-state index contributed by atoms with van der Waals surface area (Å²) < 4.78 is 37.8. The number of nitrogens with zero attached hydrogens (tertiary/aromatic N) is 3. The van der Waals surface area contributed by atoms with E-state index in [0.717, 1.165) is 0 Å². The van der Waals surface area contributed by atoms with Crippen molar-refractivity contribution >= 4 is 15.9 Å². The smallest absolute Gasteiger partial charge is 0.254 e. The molecule has 144 valence electrons. The second-order valence-electron chi connectivity index (χ2n) is 6.53. The van der Waals surface area contributed by atoms with Crippen LogP contribution >= 0.6 is 0 Å². The van der Waals surface area contributed by atoms with Crippen LogP contribution in [0.1, 0.15) is 21.7 Å². The first-order valence-corrected chi connectivity index (χ1v) is 10.0. The molecule has 0 spiro atoms. The Labute approximate surface area is 156 Å². The zero-order valence-corrected chi connectivity index (χ0v) is 15.9. The largest absolute Gasteiger partial charge is 0.454 e. The lowest BCUT2D eigenvalue weighted by atomic mass is 10.1. The average Bonchev–Trinajstić information content (AvgIpc) is 3.26. The summed E-state index contributed by atoms with van der Waals surface area (Å²) in [6.07, 6.45) is 0. The van der Waals surface area contributed by atoms with E-state index >= 15 is 0 Å². The molecule has 0 aliphatic carbocycles. The number of sulfonamides is 1. The number of carbonyl (C=O) groups excluding carboxylic acids is 1. The highest BCUT2D eigenvalue weighted by Gasteiger charge is 2.33. The number of ether oxygens (including phenoxy) is 2. The molecule has 0 bridgehead atoms.